The second-order valence-corrected chi connectivity index (χ2v) is 15.7. The van der Waals surface area contributed by atoms with Gasteiger partial charge in [-0.25, -0.2) is 19.3 Å². The molecule has 1 fully saturated rings. The number of benzene rings is 1. The van der Waals surface area contributed by atoms with Crippen LogP contribution in [0.15, 0.2) is 42.7 Å². The van der Waals surface area contributed by atoms with Crippen LogP contribution in [0.1, 0.15) is 145 Å². The van der Waals surface area contributed by atoms with E-state index in [4.69, 9.17) is 39.5 Å². The quantitative estimate of drug-likeness (QED) is 0.0502. The first kappa shape index (κ1) is 46.0. The van der Waals surface area contributed by atoms with Crippen molar-refractivity contribution in [2.24, 2.45) is 0 Å². The fraction of sp³-hybridized carbons (Fsp3) is 0.659. The number of ether oxygens (including phenoxy) is 3. The highest BCUT2D eigenvalue weighted by atomic mass is 31.2. The van der Waals surface area contributed by atoms with Crippen LogP contribution < -0.4 is 5.73 Å². The van der Waals surface area contributed by atoms with E-state index in [0.29, 0.717) is 36.3 Å². The summed E-state index contributed by atoms with van der Waals surface area (Å²) in [6.45, 7) is 6.51. The first-order valence-electron chi connectivity index (χ1n) is 20.2. The highest BCUT2D eigenvalue weighted by Gasteiger charge is 2.32. The fourth-order valence-electron chi connectivity index (χ4n) is 6.66. The molecular weight excluding hydrogens is 719 g/mol. The molecule has 4 unspecified atom stereocenters. The van der Waals surface area contributed by atoms with E-state index in [1.54, 1.807) is 16.6 Å². The van der Waals surface area contributed by atoms with Crippen molar-refractivity contribution in [2.45, 2.75) is 147 Å². The van der Waals surface area contributed by atoms with Crippen molar-refractivity contribution < 1.29 is 32.7 Å². The number of hydrogen-bond acceptors (Lipinski definition) is 11. The number of unbranched alkanes of at least 4 members (excludes halogenated alkanes) is 15. The summed E-state index contributed by atoms with van der Waals surface area (Å²) < 4.78 is 43.4. The summed E-state index contributed by atoms with van der Waals surface area (Å²) in [5, 5.41) is 19.9. The highest BCUT2D eigenvalue weighted by Crippen LogP contribution is 2.45. The van der Waals surface area contributed by atoms with Crippen LogP contribution in [0, 0.1) is 23.2 Å². The minimum atomic E-state index is -4.40. The third-order valence-electron chi connectivity index (χ3n) is 9.81. The molecule has 0 radical (unpaired) electrons. The van der Waals surface area contributed by atoms with Crippen molar-refractivity contribution in [2.75, 3.05) is 32.2 Å². The molecule has 3 heterocycles. The lowest BCUT2D eigenvalue weighted by molar-refractivity contribution is -0.0529. The van der Waals surface area contributed by atoms with Crippen LogP contribution in [0.5, 0.6) is 0 Å². The van der Waals surface area contributed by atoms with Crippen molar-refractivity contribution in [3.05, 3.63) is 59.5 Å². The molecular formula is C41H63N6O7P. The molecule has 4 rings (SSSR count). The van der Waals surface area contributed by atoms with Crippen LogP contribution in [-0.2, 0) is 34.4 Å². The maximum Gasteiger partial charge on any atom is 0.472 e. The van der Waals surface area contributed by atoms with Crippen LogP contribution in [0.25, 0.3) is 5.52 Å². The van der Waals surface area contributed by atoms with Crippen LogP contribution in [-0.4, -0.2) is 58.1 Å². The van der Waals surface area contributed by atoms with Gasteiger partial charge in [-0.3, -0.25) is 9.05 Å². The van der Waals surface area contributed by atoms with Crippen LogP contribution in [0.2, 0.25) is 0 Å². The minimum absolute atomic E-state index is 0.1000. The summed E-state index contributed by atoms with van der Waals surface area (Å²) in [6.07, 6.45) is 22.5. The van der Waals surface area contributed by atoms with Gasteiger partial charge in [0, 0.05) is 13.2 Å². The summed E-state index contributed by atoms with van der Waals surface area (Å²) in [5.41, 5.74) is 8.92. The number of nitrogen functional groups attached to an aromatic ring is 1. The summed E-state index contributed by atoms with van der Waals surface area (Å²) in [6, 6.07) is 12.9. The van der Waals surface area contributed by atoms with Crippen molar-refractivity contribution >= 4 is 19.2 Å². The molecule has 304 valence electrons. The Balaban J connectivity index is 0.00000399. The third-order valence-corrected chi connectivity index (χ3v) is 10.8. The first-order valence-corrected chi connectivity index (χ1v) is 21.7. The van der Waals surface area contributed by atoms with Gasteiger partial charge < -0.3 is 24.8 Å². The van der Waals surface area contributed by atoms with Crippen LogP contribution >= 0.6 is 7.82 Å². The fourth-order valence-corrected chi connectivity index (χ4v) is 7.44. The molecule has 0 aliphatic carbocycles. The summed E-state index contributed by atoms with van der Waals surface area (Å²) in [7, 11) is -4.40. The Morgan fingerprint density at radius 3 is 2.15 bits per heavy atom. The Morgan fingerprint density at radius 1 is 0.909 bits per heavy atom. The molecule has 1 aromatic carbocycles. The number of nitrogens with zero attached hydrogens (tertiary/aromatic N) is 5. The monoisotopic (exact) mass is 782 g/mol. The molecule has 3 N–H and O–H groups in total. The lowest BCUT2D eigenvalue weighted by Crippen LogP contribution is -2.26. The number of phosphoric acid groups is 1. The van der Waals surface area contributed by atoms with E-state index in [-0.39, 0.29) is 38.6 Å². The molecule has 14 heteroatoms. The Hall–Kier alpha value is -3.39. The molecule has 0 amide bonds. The van der Waals surface area contributed by atoms with Gasteiger partial charge in [0.1, 0.15) is 24.1 Å². The Bertz CT molecular complexity index is 1580. The number of hydrogen-bond donors (Lipinski definition) is 2. The van der Waals surface area contributed by atoms with Gasteiger partial charge in [-0.1, -0.05) is 115 Å². The van der Waals surface area contributed by atoms with E-state index in [1.165, 1.54) is 96.2 Å². The molecule has 0 bridgehead atoms. The number of rotatable bonds is 29. The summed E-state index contributed by atoms with van der Waals surface area (Å²) in [5.74, 6) is 0.382. The number of phosphoric ester groups is 1. The smallest absolute Gasteiger partial charge is 0.382 e. The normalized spacial score (nSPS) is 17.0. The van der Waals surface area contributed by atoms with Crippen LogP contribution in [0.3, 0.4) is 0 Å². The zero-order valence-electron chi connectivity index (χ0n) is 32.8. The molecule has 1 aliphatic rings. The van der Waals surface area contributed by atoms with Gasteiger partial charge in [-0.2, -0.15) is 10.4 Å². The Kier molecular flexibility index (Phi) is 22.8. The Morgan fingerprint density at radius 2 is 1.53 bits per heavy atom. The molecule has 55 heavy (non-hydrogen) atoms. The lowest BCUT2D eigenvalue weighted by Gasteiger charge is -2.21. The maximum absolute atomic E-state index is 12.9. The Labute approximate surface area is 328 Å². The maximum atomic E-state index is 12.9. The predicted octanol–water partition coefficient (Wildman–Crippen LogP) is 9.54. The molecule has 13 nitrogen and oxygen atoms in total. The number of anilines is 1. The second-order valence-electron chi connectivity index (χ2n) is 14.2. The van der Waals surface area contributed by atoms with E-state index in [1.807, 2.05) is 24.3 Å². The van der Waals surface area contributed by atoms with Crippen molar-refractivity contribution in [1.82, 2.24) is 14.6 Å². The average molecular weight is 783 g/mol. The average Bonchev–Trinajstić information content (AvgIpc) is 3.86. The van der Waals surface area contributed by atoms with Crippen molar-refractivity contribution in [3.8, 4) is 12.6 Å². The summed E-state index contributed by atoms with van der Waals surface area (Å²) in [4.78, 5) is 14.5. The van der Waals surface area contributed by atoms with Crippen LogP contribution in [0.4, 0.5) is 5.82 Å². The zero-order valence-corrected chi connectivity index (χ0v) is 33.7. The highest BCUT2D eigenvalue weighted by molar-refractivity contribution is 7.47. The number of nitriles is 2. The van der Waals surface area contributed by atoms with Gasteiger partial charge in [0.2, 0.25) is 0 Å². The van der Waals surface area contributed by atoms with Crippen molar-refractivity contribution in [1.29, 1.82) is 10.5 Å². The van der Waals surface area contributed by atoms with Crippen molar-refractivity contribution in [3.63, 3.8) is 0 Å². The lowest BCUT2D eigenvalue weighted by atomic mass is 10.0. The molecule has 0 spiro atoms. The number of aromatic nitrogens is 3. The zero-order chi connectivity index (χ0) is 39.6. The molecule has 3 aromatic rings. The molecule has 4 atom stereocenters. The topological polar surface area (TPSA) is 187 Å². The standard InChI is InChI=1S/C40H62N5O7P.CHN/c1-2-3-4-5-6-7-8-9-10-11-12-13-14-15-16-17-26-48-29-36(49-28-34-20-18-33(27-41)19-21-34)31-51-53(46,47)50-30-35-22-25-39(52-35)37-23-24-38-40(42)43-32-44-45(37)38;1-2/h18-21,23-24,32,35-36,39H,2-17,22,25-26,28-31H2,1H3,(H,46,47)(H2,42,43,44);1H. The number of fused-ring (bicyclic) bond motifs is 1. The van der Waals surface area contributed by atoms with E-state index in [9.17, 15) is 9.46 Å². The molecule has 1 aliphatic heterocycles. The van der Waals surface area contributed by atoms with E-state index < -0.39 is 13.9 Å². The van der Waals surface area contributed by atoms with E-state index >= 15 is 0 Å². The molecule has 2 aromatic heterocycles. The number of nitrogens with two attached hydrogens (primary N) is 1. The van der Waals surface area contributed by atoms with Gasteiger partial charge in [-0.15, -0.1) is 0 Å². The second kappa shape index (κ2) is 27.2. The SMILES string of the molecule is C#N.CCCCCCCCCCCCCCCCCCOCC(COP(=O)(O)OCC1CCC(c2ccc3c(N)ncnn23)O1)OCc1ccc(C#N)cc1. The first-order chi connectivity index (χ1) is 26.9. The van der Waals surface area contributed by atoms with Gasteiger partial charge in [0.05, 0.1) is 49.9 Å². The van der Waals surface area contributed by atoms with Gasteiger partial charge in [0.25, 0.3) is 0 Å². The minimum Gasteiger partial charge on any atom is -0.382 e. The third kappa shape index (κ3) is 18.0. The molecule has 0 saturated carbocycles. The molecule has 1 saturated heterocycles. The van der Waals surface area contributed by atoms with Gasteiger partial charge in [-0.05, 0) is 49.1 Å². The largest absolute Gasteiger partial charge is 0.472 e. The predicted molar refractivity (Wildman–Crippen MR) is 213 cm³/mol. The van der Waals surface area contributed by atoms with E-state index in [0.717, 1.165) is 24.1 Å². The van der Waals surface area contributed by atoms with Gasteiger partial charge in [0.15, 0.2) is 5.82 Å². The van der Waals surface area contributed by atoms with Gasteiger partial charge >= 0.3 is 7.82 Å². The van der Waals surface area contributed by atoms with E-state index in [2.05, 4.69) is 29.6 Å². The summed E-state index contributed by atoms with van der Waals surface area (Å²) >= 11 is 0.